The molecular formula is C23H17ClN2O4S. The minimum absolute atomic E-state index is 0.185. The molecule has 6 nitrogen and oxygen atoms in total. The molecule has 4 rings (SSSR count). The van der Waals surface area contributed by atoms with Crippen LogP contribution in [-0.4, -0.2) is 35.5 Å². The molecule has 1 N–H and O–H groups in total. The summed E-state index contributed by atoms with van der Waals surface area (Å²) in [6.07, 6.45) is 1.16. The van der Waals surface area contributed by atoms with Crippen molar-refractivity contribution in [3.05, 3.63) is 89.4 Å². The zero-order valence-corrected chi connectivity index (χ0v) is 17.9. The van der Waals surface area contributed by atoms with E-state index in [1.54, 1.807) is 41.1 Å². The fourth-order valence-corrected chi connectivity index (χ4v) is 3.92. The predicted molar refractivity (Wildman–Crippen MR) is 120 cm³/mol. The normalized spacial score (nSPS) is 11.4. The molecule has 0 aliphatic heterocycles. The van der Waals surface area contributed by atoms with Crippen molar-refractivity contribution < 1.29 is 18.3 Å². The van der Waals surface area contributed by atoms with Crippen LogP contribution in [0, 0.1) is 0 Å². The van der Waals surface area contributed by atoms with Gasteiger partial charge in [-0.05, 0) is 54.6 Å². The molecule has 0 radical (unpaired) electrons. The molecule has 1 heterocycles. The molecule has 0 unspecified atom stereocenters. The van der Waals surface area contributed by atoms with Crippen LogP contribution < -0.4 is 0 Å². The standard InChI is InChI=1S/C23H17ClN2O4S/c1-31(29,30)20-12-10-19(11-13-20)26-22(16-2-4-17(5-3-16)23(27)28)14-21(25-26)15-6-8-18(24)9-7-15/h2-14H,1H3,(H,27,28). The van der Waals surface area contributed by atoms with Gasteiger partial charge in [-0.25, -0.2) is 17.9 Å². The zero-order chi connectivity index (χ0) is 22.2. The lowest BCUT2D eigenvalue weighted by atomic mass is 10.1. The molecule has 3 aromatic carbocycles. The van der Waals surface area contributed by atoms with Crippen LogP contribution in [0.15, 0.2) is 83.8 Å². The highest BCUT2D eigenvalue weighted by atomic mass is 35.5. The molecule has 0 aliphatic carbocycles. The maximum atomic E-state index is 11.8. The largest absolute Gasteiger partial charge is 0.478 e. The molecule has 156 valence electrons. The summed E-state index contributed by atoms with van der Waals surface area (Å²) in [4.78, 5) is 11.4. The summed E-state index contributed by atoms with van der Waals surface area (Å²) >= 11 is 6.00. The highest BCUT2D eigenvalue weighted by Crippen LogP contribution is 2.30. The Morgan fingerprint density at radius 3 is 2.03 bits per heavy atom. The maximum Gasteiger partial charge on any atom is 0.335 e. The van der Waals surface area contributed by atoms with Gasteiger partial charge < -0.3 is 5.11 Å². The summed E-state index contributed by atoms with van der Waals surface area (Å²) in [5.74, 6) is -1.00. The van der Waals surface area contributed by atoms with Crippen molar-refractivity contribution in [2.45, 2.75) is 4.90 Å². The molecule has 4 aromatic rings. The lowest BCUT2D eigenvalue weighted by Gasteiger charge is -2.09. The highest BCUT2D eigenvalue weighted by molar-refractivity contribution is 7.90. The number of benzene rings is 3. The van der Waals surface area contributed by atoms with Gasteiger partial charge in [-0.2, -0.15) is 5.10 Å². The monoisotopic (exact) mass is 452 g/mol. The van der Waals surface area contributed by atoms with Gasteiger partial charge in [-0.15, -0.1) is 0 Å². The van der Waals surface area contributed by atoms with E-state index in [-0.39, 0.29) is 10.5 Å². The SMILES string of the molecule is CS(=O)(=O)c1ccc(-n2nc(-c3ccc(Cl)cc3)cc2-c2ccc(C(=O)O)cc2)cc1. The molecule has 8 heteroatoms. The van der Waals surface area contributed by atoms with E-state index < -0.39 is 15.8 Å². The van der Waals surface area contributed by atoms with Crippen molar-refractivity contribution in [2.75, 3.05) is 6.26 Å². The fourth-order valence-electron chi connectivity index (χ4n) is 3.16. The van der Waals surface area contributed by atoms with Crippen LogP contribution in [0.4, 0.5) is 0 Å². The minimum Gasteiger partial charge on any atom is -0.478 e. The second-order valence-corrected chi connectivity index (χ2v) is 9.43. The molecule has 0 fully saturated rings. The van der Waals surface area contributed by atoms with E-state index in [0.29, 0.717) is 16.4 Å². The van der Waals surface area contributed by atoms with Crippen molar-refractivity contribution in [3.63, 3.8) is 0 Å². The highest BCUT2D eigenvalue weighted by Gasteiger charge is 2.15. The van der Waals surface area contributed by atoms with E-state index in [4.69, 9.17) is 21.8 Å². The van der Waals surface area contributed by atoms with E-state index >= 15 is 0 Å². The van der Waals surface area contributed by atoms with Crippen LogP contribution in [0.1, 0.15) is 10.4 Å². The molecule has 1 aromatic heterocycles. The van der Waals surface area contributed by atoms with E-state index in [0.717, 1.165) is 23.1 Å². The quantitative estimate of drug-likeness (QED) is 0.462. The first kappa shape index (κ1) is 20.8. The number of halogens is 1. The number of aromatic carboxylic acids is 1. The minimum atomic E-state index is -3.32. The Bertz CT molecular complexity index is 1360. The average molecular weight is 453 g/mol. The van der Waals surface area contributed by atoms with Gasteiger partial charge >= 0.3 is 5.97 Å². The van der Waals surface area contributed by atoms with Gasteiger partial charge in [0.15, 0.2) is 9.84 Å². The maximum absolute atomic E-state index is 11.8. The number of carboxylic acid groups (broad SMARTS) is 1. The molecule has 0 atom stereocenters. The number of nitrogens with zero attached hydrogens (tertiary/aromatic N) is 2. The van der Waals surface area contributed by atoms with E-state index in [1.165, 1.54) is 24.3 Å². The van der Waals surface area contributed by atoms with Crippen LogP contribution in [0.5, 0.6) is 0 Å². The number of rotatable bonds is 5. The summed E-state index contributed by atoms with van der Waals surface area (Å²) in [5, 5.41) is 14.5. The third-order valence-corrected chi connectivity index (χ3v) is 6.17. The van der Waals surface area contributed by atoms with Gasteiger partial charge in [0.2, 0.25) is 0 Å². The number of hydrogen-bond acceptors (Lipinski definition) is 4. The second kappa shape index (κ2) is 8.02. The Hall–Kier alpha value is -3.42. The fraction of sp³-hybridized carbons (Fsp3) is 0.0435. The van der Waals surface area contributed by atoms with Crippen LogP contribution in [0.2, 0.25) is 5.02 Å². The molecule has 0 aliphatic rings. The first-order valence-electron chi connectivity index (χ1n) is 9.22. The van der Waals surface area contributed by atoms with E-state index in [2.05, 4.69) is 0 Å². The Kier molecular flexibility index (Phi) is 5.39. The summed E-state index contributed by atoms with van der Waals surface area (Å²) in [6.45, 7) is 0. The Balaban J connectivity index is 1.85. The molecule has 0 amide bonds. The molecule has 0 bridgehead atoms. The van der Waals surface area contributed by atoms with Crippen molar-refractivity contribution in [2.24, 2.45) is 0 Å². The molecule has 0 spiro atoms. The molecular weight excluding hydrogens is 436 g/mol. The molecule has 31 heavy (non-hydrogen) atoms. The first-order chi connectivity index (χ1) is 14.7. The lowest BCUT2D eigenvalue weighted by molar-refractivity contribution is 0.0697. The third-order valence-electron chi connectivity index (χ3n) is 4.79. The summed E-state index contributed by atoms with van der Waals surface area (Å²) < 4.78 is 25.3. The Labute approximate surface area is 184 Å². The first-order valence-corrected chi connectivity index (χ1v) is 11.5. The van der Waals surface area contributed by atoms with Gasteiger partial charge in [0, 0.05) is 22.4 Å². The average Bonchev–Trinajstić information content (AvgIpc) is 3.19. The number of carbonyl (C=O) groups is 1. The van der Waals surface area contributed by atoms with Crippen molar-refractivity contribution in [1.82, 2.24) is 9.78 Å². The van der Waals surface area contributed by atoms with E-state index in [9.17, 15) is 13.2 Å². The summed E-state index contributed by atoms with van der Waals surface area (Å²) in [6, 6.07) is 22.1. The molecule has 0 saturated carbocycles. The van der Waals surface area contributed by atoms with Crippen molar-refractivity contribution in [1.29, 1.82) is 0 Å². The van der Waals surface area contributed by atoms with Crippen LogP contribution in [0.3, 0.4) is 0 Å². The summed E-state index contributed by atoms with van der Waals surface area (Å²) in [7, 11) is -3.32. The lowest BCUT2D eigenvalue weighted by Crippen LogP contribution is -2.02. The van der Waals surface area contributed by atoms with Crippen LogP contribution in [-0.2, 0) is 9.84 Å². The smallest absolute Gasteiger partial charge is 0.335 e. The second-order valence-electron chi connectivity index (χ2n) is 6.98. The Morgan fingerprint density at radius 1 is 0.903 bits per heavy atom. The summed E-state index contributed by atoms with van der Waals surface area (Å²) in [5.41, 5.74) is 3.91. The van der Waals surface area contributed by atoms with Crippen molar-refractivity contribution in [3.8, 4) is 28.2 Å². The Morgan fingerprint density at radius 2 is 1.48 bits per heavy atom. The van der Waals surface area contributed by atoms with E-state index in [1.807, 2.05) is 18.2 Å². The van der Waals surface area contributed by atoms with Gasteiger partial charge in [-0.3, -0.25) is 0 Å². The molecule has 0 saturated heterocycles. The number of hydrogen-bond donors (Lipinski definition) is 1. The van der Waals surface area contributed by atoms with Gasteiger partial charge in [0.1, 0.15) is 0 Å². The number of aromatic nitrogens is 2. The van der Waals surface area contributed by atoms with Crippen molar-refractivity contribution >= 4 is 27.4 Å². The predicted octanol–water partition coefficient (Wildman–Crippen LogP) is 4.96. The van der Waals surface area contributed by atoms with Gasteiger partial charge in [0.05, 0.1) is 27.5 Å². The number of sulfone groups is 1. The third kappa shape index (κ3) is 4.38. The van der Waals surface area contributed by atoms with Gasteiger partial charge in [-0.1, -0.05) is 35.9 Å². The zero-order valence-electron chi connectivity index (χ0n) is 16.4. The van der Waals surface area contributed by atoms with Gasteiger partial charge in [0.25, 0.3) is 0 Å². The van der Waals surface area contributed by atoms with Crippen LogP contribution in [0.25, 0.3) is 28.2 Å². The topological polar surface area (TPSA) is 89.3 Å². The van der Waals surface area contributed by atoms with Crippen LogP contribution >= 0.6 is 11.6 Å². The number of carboxylic acids is 1.